The third-order valence-corrected chi connectivity index (χ3v) is 7.26. The van der Waals surface area contributed by atoms with Gasteiger partial charge < -0.3 is 21.1 Å². The first kappa shape index (κ1) is 28.3. The highest BCUT2D eigenvalue weighted by Crippen LogP contribution is 2.28. The summed E-state index contributed by atoms with van der Waals surface area (Å²) in [5, 5.41) is 16.0. The number of rotatable bonds is 0. The third kappa shape index (κ3) is 7.26. The molecule has 2 aliphatic rings. The number of alkyl halides is 3. The molecule has 2 bridgehead atoms. The van der Waals surface area contributed by atoms with E-state index in [1.54, 1.807) is 25.1 Å². The second-order valence-electron chi connectivity index (χ2n) is 8.26. The summed E-state index contributed by atoms with van der Waals surface area (Å²) in [6.07, 6.45) is -0.939. The molecule has 1 aromatic carbocycles. The second-order valence-corrected chi connectivity index (χ2v) is 10.3. The van der Waals surface area contributed by atoms with Gasteiger partial charge in [0, 0.05) is 44.8 Å². The van der Waals surface area contributed by atoms with Gasteiger partial charge >= 0.3 is 12.1 Å². The molecule has 35 heavy (non-hydrogen) atoms. The Bertz CT molecular complexity index is 1090. The normalized spacial score (nSPS) is 23.6. The number of nitrogens with one attached hydrogen (secondary N) is 3. The fourth-order valence-electron chi connectivity index (χ4n) is 3.22. The molecule has 194 valence electrons. The highest BCUT2D eigenvalue weighted by molar-refractivity contribution is 7.89. The zero-order valence-electron chi connectivity index (χ0n) is 19.1. The average Bonchev–Trinajstić information content (AvgIpc) is 2.75. The molecule has 2 aliphatic heterocycles. The van der Waals surface area contributed by atoms with E-state index in [1.165, 1.54) is 23.5 Å². The highest BCUT2D eigenvalue weighted by atomic mass is 32.2. The van der Waals surface area contributed by atoms with E-state index in [1.807, 2.05) is 6.08 Å². The molecule has 1 spiro atoms. The number of hydrogen-bond acceptors (Lipinski definition) is 6. The Hall–Kier alpha value is -2.97. The van der Waals surface area contributed by atoms with Crippen LogP contribution >= 0.6 is 0 Å². The van der Waals surface area contributed by atoms with Crippen molar-refractivity contribution < 1.29 is 41.1 Å². The van der Waals surface area contributed by atoms with Gasteiger partial charge in [-0.2, -0.15) is 17.5 Å². The molecule has 4 N–H and O–H groups in total. The van der Waals surface area contributed by atoms with Crippen molar-refractivity contribution in [2.45, 2.75) is 30.5 Å². The molecule has 1 fully saturated rings. The number of nitrogens with zero attached hydrogens (tertiary/aromatic N) is 1. The van der Waals surface area contributed by atoms with Gasteiger partial charge in [0.05, 0.1) is 10.3 Å². The maximum atomic E-state index is 12.8. The number of carboxylic acid groups (broad SMARTS) is 1. The second kappa shape index (κ2) is 11.2. The van der Waals surface area contributed by atoms with Crippen LogP contribution in [0.5, 0.6) is 0 Å². The fourth-order valence-corrected chi connectivity index (χ4v) is 4.39. The average molecular weight is 521 g/mol. The Balaban J connectivity index is 0.000000540. The SMILES string of the molecule is C[C@@H]1CNC(=O)C2(C/C=C\CN(C)S(=O)(=O)c3cccc(c3)C(=O)N1)CNC2.O=C(O)C(F)(F)F. The van der Waals surface area contributed by atoms with Crippen LogP contribution in [0.3, 0.4) is 0 Å². The van der Waals surface area contributed by atoms with Crippen LogP contribution in [0.4, 0.5) is 13.2 Å². The summed E-state index contributed by atoms with van der Waals surface area (Å²) in [5.74, 6) is -3.20. The van der Waals surface area contributed by atoms with Crippen LogP contribution in [-0.2, 0) is 19.6 Å². The lowest BCUT2D eigenvalue weighted by Gasteiger charge is -2.40. The zero-order valence-corrected chi connectivity index (χ0v) is 19.9. The number of benzene rings is 1. The summed E-state index contributed by atoms with van der Waals surface area (Å²) in [6, 6.07) is 5.67. The minimum Gasteiger partial charge on any atom is -0.475 e. The minimum atomic E-state index is -5.08. The monoisotopic (exact) mass is 520 g/mol. The molecule has 3 rings (SSSR count). The summed E-state index contributed by atoms with van der Waals surface area (Å²) in [6.45, 7) is 3.42. The molecule has 0 radical (unpaired) electrons. The van der Waals surface area contributed by atoms with Crippen LogP contribution in [0.2, 0.25) is 0 Å². The number of likely N-dealkylation sites (N-methyl/N-ethyl adjacent to an activating group) is 1. The number of halogens is 3. The van der Waals surface area contributed by atoms with E-state index in [0.717, 1.165) is 0 Å². The topological polar surface area (TPSA) is 145 Å². The van der Waals surface area contributed by atoms with Crippen molar-refractivity contribution in [1.29, 1.82) is 0 Å². The van der Waals surface area contributed by atoms with E-state index < -0.39 is 27.6 Å². The Morgan fingerprint density at radius 3 is 2.37 bits per heavy atom. The Labute approximate surface area is 200 Å². The van der Waals surface area contributed by atoms with E-state index in [-0.39, 0.29) is 34.9 Å². The van der Waals surface area contributed by atoms with E-state index in [4.69, 9.17) is 9.90 Å². The van der Waals surface area contributed by atoms with Crippen LogP contribution in [0.15, 0.2) is 41.3 Å². The van der Waals surface area contributed by atoms with Crippen LogP contribution in [0, 0.1) is 5.41 Å². The zero-order chi connectivity index (χ0) is 26.4. The minimum absolute atomic E-state index is 0.0629. The number of aliphatic carboxylic acids is 1. The van der Waals surface area contributed by atoms with Gasteiger partial charge in [0.15, 0.2) is 0 Å². The van der Waals surface area contributed by atoms with Gasteiger partial charge in [-0.05, 0) is 31.5 Å². The largest absolute Gasteiger partial charge is 0.490 e. The summed E-state index contributed by atoms with van der Waals surface area (Å²) in [5.41, 5.74) is -0.270. The number of amides is 2. The van der Waals surface area contributed by atoms with Crippen molar-refractivity contribution in [2.75, 3.05) is 33.2 Å². The van der Waals surface area contributed by atoms with Crippen molar-refractivity contribution in [3.05, 3.63) is 42.0 Å². The maximum absolute atomic E-state index is 12.8. The molecule has 1 atom stereocenters. The molecular weight excluding hydrogens is 493 g/mol. The first-order valence-electron chi connectivity index (χ1n) is 10.5. The number of carbonyl (C=O) groups excluding carboxylic acids is 2. The van der Waals surface area contributed by atoms with Crippen LogP contribution in [-0.4, -0.2) is 81.1 Å². The molecule has 1 saturated heterocycles. The van der Waals surface area contributed by atoms with Gasteiger partial charge in [0.1, 0.15) is 0 Å². The third-order valence-electron chi connectivity index (χ3n) is 5.44. The van der Waals surface area contributed by atoms with Crippen molar-refractivity contribution in [3.8, 4) is 0 Å². The molecule has 0 saturated carbocycles. The van der Waals surface area contributed by atoms with E-state index in [2.05, 4.69) is 16.0 Å². The van der Waals surface area contributed by atoms with Gasteiger partial charge in [0.2, 0.25) is 15.9 Å². The molecule has 0 aliphatic carbocycles. The van der Waals surface area contributed by atoms with Gasteiger partial charge in [0.25, 0.3) is 5.91 Å². The van der Waals surface area contributed by atoms with E-state index >= 15 is 0 Å². The molecule has 0 aromatic heterocycles. The number of sulfonamides is 1. The van der Waals surface area contributed by atoms with E-state index in [9.17, 15) is 31.2 Å². The standard InChI is InChI=1S/C19H26N4O4S.C2HF3O2/c1-14-11-21-18(25)19(12-20-13-19)8-3-4-9-23(2)28(26,27)16-7-5-6-15(10-16)17(24)22-14;3-2(4,5)1(6)7/h3-7,10,14,20H,8-9,11-13H2,1-2H3,(H,21,25)(H,22,24);(H,6,7)/b4-3-;/t14-;/m1./s1. The number of carbonyl (C=O) groups is 3. The first-order chi connectivity index (χ1) is 16.2. The number of allylic oxidation sites excluding steroid dienone is 1. The quantitative estimate of drug-likeness (QED) is 0.369. The summed E-state index contributed by atoms with van der Waals surface area (Å²) < 4.78 is 58.5. The summed E-state index contributed by atoms with van der Waals surface area (Å²) in [7, 11) is -2.23. The Morgan fingerprint density at radius 1 is 1.20 bits per heavy atom. The van der Waals surface area contributed by atoms with Gasteiger partial charge in [-0.1, -0.05) is 18.2 Å². The lowest BCUT2D eigenvalue weighted by atomic mass is 9.77. The molecular formula is C21H27F3N4O6S. The summed E-state index contributed by atoms with van der Waals surface area (Å²) >= 11 is 0. The van der Waals surface area contributed by atoms with Crippen molar-refractivity contribution >= 4 is 27.8 Å². The Morgan fingerprint density at radius 2 is 1.83 bits per heavy atom. The fraction of sp³-hybridized carbons (Fsp3) is 0.476. The molecule has 2 amide bonds. The molecule has 1 aromatic rings. The number of fused-ring (bicyclic) bond motifs is 2. The van der Waals surface area contributed by atoms with Crippen molar-refractivity contribution in [3.63, 3.8) is 0 Å². The Kier molecular flexibility index (Phi) is 9.03. The molecule has 10 nitrogen and oxygen atoms in total. The van der Waals surface area contributed by atoms with Crippen LogP contribution in [0.25, 0.3) is 0 Å². The molecule has 14 heteroatoms. The predicted molar refractivity (Wildman–Crippen MR) is 119 cm³/mol. The summed E-state index contributed by atoms with van der Waals surface area (Å²) in [4.78, 5) is 34.1. The van der Waals surface area contributed by atoms with Crippen molar-refractivity contribution in [1.82, 2.24) is 20.3 Å². The highest BCUT2D eigenvalue weighted by Gasteiger charge is 2.43. The first-order valence-corrected chi connectivity index (χ1v) is 11.9. The number of hydrogen-bond donors (Lipinski definition) is 4. The van der Waals surface area contributed by atoms with Crippen molar-refractivity contribution in [2.24, 2.45) is 5.41 Å². The maximum Gasteiger partial charge on any atom is 0.490 e. The molecule has 0 unspecified atom stereocenters. The van der Waals surface area contributed by atoms with Crippen LogP contribution < -0.4 is 16.0 Å². The lowest BCUT2D eigenvalue weighted by Crippen LogP contribution is -2.62. The molecule has 2 heterocycles. The smallest absolute Gasteiger partial charge is 0.475 e. The van der Waals surface area contributed by atoms with Crippen LogP contribution in [0.1, 0.15) is 23.7 Å². The van der Waals surface area contributed by atoms with Gasteiger partial charge in [-0.25, -0.2) is 13.2 Å². The van der Waals surface area contributed by atoms with E-state index in [0.29, 0.717) is 26.1 Å². The predicted octanol–water partition coefficient (Wildman–Crippen LogP) is 0.724. The van der Waals surface area contributed by atoms with Gasteiger partial charge in [-0.3, -0.25) is 9.59 Å². The number of carboxylic acids is 1. The lowest BCUT2D eigenvalue weighted by molar-refractivity contribution is -0.192. The van der Waals surface area contributed by atoms with Gasteiger partial charge in [-0.15, -0.1) is 0 Å².